The number of hydrogen-bond donors (Lipinski definition) is 1. The molecule has 1 aliphatic heterocycles. The lowest BCUT2D eigenvalue weighted by Crippen LogP contribution is -2.41. The molecule has 2 aliphatic carbocycles. The molecule has 9 rings (SSSR count). The van der Waals surface area contributed by atoms with Crippen LogP contribution < -0.4 is 10.5 Å². The van der Waals surface area contributed by atoms with Gasteiger partial charge in [0.05, 0.1) is 48.5 Å². The SMILES string of the molecule is COc1cc(C(=O)N2CC3CCC2[C@@H]3N)cc2nc(-c3cc4ccccc4n3CC3CC3)n(Cc3cnn(-c4cncc(C#N)c4)c3)c12. The van der Waals surface area contributed by atoms with Gasteiger partial charge in [0, 0.05) is 59.6 Å². The maximum atomic E-state index is 14.0. The number of fused-ring (bicyclic) bond motifs is 4. The van der Waals surface area contributed by atoms with Gasteiger partial charge in [-0.05, 0) is 67.9 Å². The first-order chi connectivity index (χ1) is 23.5. The highest BCUT2D eigenvalue weighted by atomic mass is 16.5. The molecule has 2 unspecified atom stereocenters. The van der Waals surface area contributed by atoms with Crippen LogP contribution in [0.5, 0.6) is 5.75 Å². The molecule has 0 radical (unpaired) electrons. The minimum Gasteiger partial charge on any atom is -0.494 e. The minimum absolute atomic E-state index is 0.0220. The molecule has 2 bridgehead atoms. The first-order valence-corrected chi connectivity index (χ1v) is 16.6. The van der Waals surface area contributed by atoms with Gasteiger partial charge in [-0.2, -0.15) is 10.4 Å². The topological polar surface area (TPSA) is 133 Å². The number of carbonyl (C=O) groups excluding carboxylic acids is 1. The molecule has 2 aromatic carbocycles. The Labute approximate surface area is 277 Å². The van der Waals surface area contributed by atoms with Crippen molar-refractivity contribution in [3.05, 3.63) is 90.0 Å². The van der Waals surface area contributed by atoms with Crippen molar-refractivity contribution in [1.29, 1.82) is 5.26 Å². The summed E-state index contributed by atoms with van der Waals surface area (Å²) in [5.74, 6) is 2.38. The number of piperidine rings is 1. The van der Waals surface area contributed by atoms with Gasteiger partial charge >= 0.3 is 0 Å². The Kier molecular flexibility index (Phi) is 6.62. The van der Waals surface area contributed by atoms with Gasteiger partial charge in [-0.15, -0.1) is 0 Å². The van der Waals surface area contributed by atoms with E-state index in [1.807, 2.05) is 29.4 Å². The summed E-state index contributed by atoms with van der Waals surface area (Å²) in [6.07, 6.45) is 11.5. The Morgan fingerprint density at radius 2 is 1.94 bits per heavy atom. The molecule has 4 aromatic heterocycles. The summed E-state index contributed by atoms with van der Waals surface area (Å²) in [7, 11) is 1.64. The van der Waals surface area contributed by atoms with Crippen molar-refractivity contribution >= 4 is 27.8 Å². The van der Waals surface area contributed by atoms with Crippen molar-refractivity contribution in [3.8, 4) is 29.0 Å². The van der Waals surface area contributed by atoms with Crippen molar-refractivity contribution in [3.63, 3.8) is 0 Å². The third-order valence-electron chi connectivity index (χ3n) is 10.5. The van der Waals surface area contributed by atoms with Crippen LogP contribution in [-0.2, 0) is 13.1 Å². The summed E-state index contributed by atoms with van der Waals surface area (Å²) in [6.45, 7) is 2.07. The molecule has 0 spiro atoms. The number of carbonyl (C=O) groups is 1. The normalized spacial score (nSPS) is 20.2. The number of benzene rings is 2. The second kappa shape index (κ2) is 11.1. The molecule has 48 heavy (non-hydrogen) atoms. The smallest absolute Gasteiger partial charge is 0.254 e. The summed E-state index contributed by atoms with van der Waals surface area (Å²) in [6, 6.07) is 18.5. The van der Waals surface area contributed by atoms with Gasteiger partial charge in [0.2, 0.25) is 0 Å². The largest absolute Gasteiger partial charge is 0.494 e. The maximum absolute atomic E-state index is 14.0. The van der Waals surface area contributed by atoms with Crippen LogP contribution in [0.3, 0.4) is 0 Å². The first kappa shape index (κ1) is 28.7. The Morgan fingerprint density at radius 1 is 1.06 bits per heavy atom. The molecule has 2 N–H and O–H groups in total. The molecule has 5 heterocycles. The van der Waals surface area contributed by atoms with E-state index in [0.717, 1.165) is 47.4 Å². The Hall–Kier alpha value is -5.47. The van der Waals surface area contributed by atoms with Crippen LogP contribution in [0.4, 0.5) is 0 Å². The van der Waals surface area contributed by atoms with Crippen molar-refractivity contribution < 1.29 is 9.53 Å². The highest BCUT2D eigenvalue weighted by Crippen LogP contribution is 2.41. The average molecular weight is 638 g/mol. The number of nitriles is 1. The van der Waals surface area contributed by atoms with E-state index in [2.05, 4.69) is 55.6 Å². The van der Waals surface area contributed by atoms with Crippen LogP contribution in [0, 0.1) is 23.2 Å². The van der Waals surface area contributed by atoms with E-state index < -0.39 is 0 Å². The van der Waals surface area contributed by atoms with E-state index in [1.54, 1.807) is 24.1 Å². The number of methoxy groups -OCH3 is 1. The lowest BCUT2D eigenvalue weighted by Gasteiger charge is -2.27. The third-order valence-corrected chi connectivity index (χ3v) is 10.5. The van der Waals surface area contributed by atoms with Crippen LogP contribution >= 0.6 is 0 Å². The second-order valence-electron chi connectivity index (χ2n) is 13.5. The number of likely N-dealkylation sites (tertiary alicyclic amines) is 1. The van der Waals surface area contributed by atoms with E-state index in [4.69, 9.17) is 15.5 Å². The van der Waals surface area contributed by atoms with Gasteiger partial charge in [0.15, 0.2) is 5.82 Å². The first-order valence-electron chi connectivity index (χ1n) is 16.6. The quantitative estimate of drug-likeness (QED) is 0.244. The molecule has 3 fully saturated rings. The Bertz CT molecular complexity index is 2270. The Balaban J connectivity index is 1.19. The molecule has 2 saturated carbocycles. The number of amides is 1. The number of hydrogen-bond acceptors (Lipinski definition) is 7. The van der Waals surface area contributed by atoms with Crippen molar-refractivity contribution in [2.45, 2.75) is 50.9 Å². The molecular weight excluding hydrogens is 602 g/mol. The van der Waals surface area contributed by atoms with Crippen molar-refractivity contribution in [2.24, 2.45) is 17.6 Å². The number of nitrogens with two attached hydrogens (primary N) is 1. The van der Waals surface area contributed by atoms with E-state index in [9.17, 15) is 10.1 Å². The number of aromatic nitrogens is 6. The van der Waals surface area contributed by atoms with Crippen molar-refractivity contribution in [2.75, 3.05) is 13.7 Å². The lowest BCUT2D eigenvalue weighted by molar-refractivity contribution is 0.0700. The fraction of sp³-hybridized carbons (Fsp3) is 0.324. The summed E-state index contributed by atoms with van der Waals surface area (Å²) >= 11 is 0. The molecule has 11 nitrogen and oxygen atoms in total. The van der Waals surface area contributed by atoms with Gasteiger partial charge < -0.3 is 24.5 Å². The van der Waals surface area contributed by atoms with Gasteiger partial charge in [-0.25, -0.2) is 9.67 Å². The average Bonchev–Trinajstić information content (AvgIpc) is 3.43. The second-order valence-corrected chi connectivity index (χ2v) is 13.5. The molecule has 11 heteroatoms. The maximum Gasteiger partial charge on any atom is 0.254 e. The molecule has 240 valence electrons. The van der Waals surface area contributed by atoms with Crippen LogP contribution in [0.25, 0.3) is 39.1 Å². The zero-order chi connectivity index (χ0) is 32.5. The number of rotatable bonds is 8. The van der Waals surface area contributed by atoms with Crippen molar-refractivity contribution in [1.82, 2.24) is 33.8 Å². The van der Waals surface area contributed by atoms with Crippen LogP contribution in [-0.4, -0.2) is 65.4 Å². The molecule has 1 amide bonds. The van der Waals surface area contributed by atoms with E-state index in [1.165, 1.54) is 24.6 Å². The Morgan fingerprint density at radius 3 is 2.71 bits per heavy atom. The van der Waals surface area contributed by atoms with Crippen LogP contribution in [0.15, 0.2) is 73.3 Å². The summed E-state index contributed by atoms with van der Waals surface area (Å²) in [4.78, 5) is 25.4. The monoisotopic (exact) mass is 637 g/mol. The highest BCUT2D eigenvalue weighted by Gasteiger charge is 2.47. The van der Waals surface area contributed by atoms with Crippen LogP contribution in [0.2, 0.25) is 0 Å². The molecule has 3 aliphatic rings. The van der Waals surface area contributed by atoms with E-state index in [-0.39, 0.29) is 18.0 Å². The van der Waals surface area contributed by atoms with Gasteiger partial charge in [-0.3, -0.25) is 9.78 Å². The van der Waals surface area contributed by atoms with E-state index >= 15 is 0 Å². The fourth-order valence-corrected chi connectivity index (χ4v) is 7.84. The zero-order valence-electron chi connectivity index (χ0n) is 26.7. The number of imidazole rings is 1. The molecule has 6 aromatic rings. The number of ether oxygens (including phenoxy) is 1. The molecule has 3 atom stereocenters. The summed E-state index contributed by atoms with van der Waals surface area (Å²) < 4.78 is 12.3. The predicted octanol–water partition coefficient (Wildman–Crippen LogP) is 5.14. The zero-order valence-corrected chi connectivity index (χ0v) is 26.7. The predicted molar refractivity (Wildman–Crippen MR) is 181 cm³/mol. The third kappa shape index (κ3) is 4.66. The van der Waals surface area contributed by atoms with E-state index in [0.29, 0.717) is 53.0 Å². The lowest BCUT2D eigenvalue weighted by atomic mass is 10.1. The number of nitrogens with zero attached hydrogens (tertiary/aromatic N) is 8. The number of pyridine rings is 1. The summed E-state index contributed by atoms with van der Waals surface area (Å²) in [5, 5.41) is 15.2. The van der Waals surface area contributed by atoms with Gasteiger partial charge in [0.25, 0.3) is 5.91 Å². The molecule has 1 saturated heterocycles. The van der Waals surface area contributed by atoms with Gasteiger partial charge in [0.1, 0.15) is 17.3 Å². The van der Waals surface area contributed by atoms with Crippen LogP contribution in [0.1, 0.15) is 47.2 Å². The number of para-hydroxylation sites is 1. The summed E-state index contributed by atoms with van der Waals surface area (Å²) in [5.41, 5.74) is 12.9. The van der Waals surface area contributed by atoms with Gasteiger partial charge in [-0.1, -0.05) is 18.2 Å². The minimum atomic E-state index is -0.0220. The molecular formula is C37H35N9O2. The standard InChI is InChI=1S/C37H35N9O2/c1-48-33-13-27(37(47)44-21-26-8-9-31(44)34(26)39)11-29-35(33)45(19-24-16-41-46(20-24)28-10-23(14-38)15-40-17-28)36(42-29)32-12-25-4-2-3-5-30(25)43(32)18-22-6-7-22/h2-5,10-13,15-17,20,22,26,31,34H,6-9,18-19,21,39H2,1H3/t26?,31?,34-/m1/s1. The highest BCUT2D eigenvalue weighted by molar-refractivity contribution is 6.00. The fourth-order valence-electron chi connectivity index (χ4n) is 7.84.